The number of thiophene rings is 1. The fraction of sp³-hybridized carbons (Fsp3) is 0. The van der Waals surface area contributed by atoms with Crippen LogP contribution in [-0.4, -0.2) is 0 Å². The second-order valence-corrected chi connectivity index (χ2v) is 4.83. The molecule has 0 saturated carbocycles. The largest absolute Gasteiger partial charge is 0.353 e. The van der Waals surface area contributed by atoms with Crippen molar-refractivity contribution in [3.8, 4) is 0 Å². The summed E-state index contributed by atoms with van der Waals surface area (Å²) in [7, 11) is 0. The smallest absolute Gasteiger partial charge is 0.149 e. The number of fused-ring (bicyclic) bond motifs is 1. The highest BCUT2D eigenvalue weighted by Gasteiger charge is 2.06. The second kappa shape index (κ2) is 4.38. The summed E-state index contributed by atoms with van der Waals surface area (Å²) in [6.07, 6.45) is 0. The van der Waals surface area contributed by atoms with Crippen molar-refractivity contribution in [1.29, 1.82) is 0 Å². The molecule has 0 spiro atoms. The predicted molar refractivity (Wildman–Crippen MR) is 71.5 cm³/mol. The van der Waals surface area contributed by atoms with Crippen LogP contribution in [0.1, 0.15) is 0 Å². The molecule has 0 aliphatic carbocycles. The molecule has 1 aromatic heterocycles. The van der Waals surface area contributed by atoms with Crippen molar-refractivity contribution in [2.75, 3.05) is 5.32 Å². The Balaban J connectivity index is 2.03. The Labute approximate surface area is 107 Å². The Hall–Kier alpha value is -1.94. The van der Waals surface area contributed by atoms with Gasteiger partial charge in [-0.05, 0) is 35.7 Å². The Kier molecular flexibility index (Phi) is 2.72. The summed E-state index contributed by atoms with van der Waals surface area (Å²) in [6.45, 7) is 0. The molecule has 1 nitrogen and oxygen atoms in total. The van der Waals surface area contributed by atoms with Crippen molar-refractivity contribution in [1.82, 2.24) is 0 Å². The van der Waals surface area contributed by atoms with Gasteiger partial charge in [0.1, 0.15) is 11.6 Å². The molecule has 1 N–H and O–H groups in total. The Morgan fingerprint density at radius 3 is 2.67 bits per heavy atom. The number of anilines is 2. The van der Waals surface area contributed by atoms with E-state index in [0.29, 0.717) is 0 Å². The van der Waals surface area contributed by atoms with Gasteiger partial charge in [0.2, 0.25) is 0 Å². The van der Waals surface area contributed by atoms with Crippen LogP contribution < -0.4 is 5.32 Å². The van der Waals surface area contributed by atoms with Crippen LogP contribution in [0.5, 0.6) is 0 Å². The fourth-order valence-corrected chi connectivity index (χ4v) is 2.65. The number of hydrogen-bond donors (Lipinski definition) is 1. The quantitative estimate of drug-likeness (QED) is 0.690. The van der Waals surface area contributed by atoms with Crippen molar-refractivity contribution in [3.05, 3.63) is 59.5 Å². The lowest BCUT2D eigenvalue weighted by Gasteiger charge is -2.08. The molecule has 0 bridgehead atoms. The molecule has 18 heavy (non-hydrogen) atoms. The highest BCUT2D eigenvalue weighted by Crippen LogP contribution is 2.30. The zero-order valence-corrected chi connectivity index (χ0v) is 10.1. The topological polar surface area (TPSA) is 12.0 Å². The van der Waals surface area contributed by atoms with Gasteiger partial charge in [0.25, 0.3) is 0 Å². The Morgan fingerprint density at radius 1 is 0.944 bits per heavy atom. The molecule has 0 radical (unpaired) electrons. The summed E-state index contributed by atoms with van der Waals surface area (Å²) >= 11 is 1.62. The van der Waals surface area contributed by atoms with Crippen molar-refractivity contribution in [2.45, 2.75) is 0 Å². The average Bonchev–Trinajstić information content (AvgIpc) is 2.82. The van der Waals surface area contributed by atoms with E-state index >= 15 is 0 Å². The standard InChI is InChI=1S/C14H9F2NS/c15-9-4-5-13(11(16)8-9)17-12-2-1-3-14-10(12)6-7-18-14/h1-8,17H. The molecule has 90 valence electrons. The highest BCUT2D eigenvalue weighted by molar-refractivity contribution is 7.17. The molecule has 3 aromatic rings. The van der Waals surface area contributed by atoms with Gasteiger partial charge >= 0.3 is 0 Å². The van der Waals surface area contributed by atoms with Crippen LogP contribution in [0, 0.1) is 11.6 Å². The number of rotatable bonds is 2. The lowest BCUT2D eigenvalue weighted by molar-refractivity contribution is 0.586. The van der Waals surface area contributed by atoms with Crippen LogP contribution in [0.2, 0.25) is 0 Å². The van der Waals surface area contributed by atoms with E-state index in [1.807, 2.05) is 29.6 Å². The van der Waals surface area contributed by atoms with Crippen molar-refractivity contribution < 1.29 is 8.78 Å². The minimum atomic E-state index is -0.595. The van der Waals surface area contributed by atoms with Crippen LogP contribution in [0.4, 0.5) is 20.2 Å². The number of nitrogens with one attached hydrogen (secondary N) is 1. The lowest BCUT2D eigenvalue weighted by Crippen LogP contribution is -1.94. The maximum absolute atomic E-state index is 13.6. The van der Waals surface area contributed by atoms with Gasteiger partial charge in [-0.1, -0.05) is 6.07 Å². The molecule has 0 amide bonds. The zero-order valence-electron chi connectivity index (χ0n) is 9.28. The molecule has 0 atom stereocenters. The van der Waals surface area contributed by atoms with Crippen LogP contribution >= 0.6 is 11.3 Å². The SMILES string of the molecule is Fc1ccc(Nc2cccc3sccc23)c(F)c1. The molecule has 0 fully saturated rings. The van der Waals surface area contributed by atoms with E-state index in [1.54, 1.807) is 11.3 Å². The van der Waals surface area contributed by atoms with E-state index in [4.69, 9.17) is 0 Å². The number of halogens is 2. The first-order valence-electron chi connectivity index (χ1n) is 5.42. The van der Waals surface area contributed by atoms with Gasteiger partial charge in [0.15, 0.2) is 0 Å². The minimum absolute atomic E-state index is 0.273. The van der Waals surface area contributed by atoms with E-state index in [9.17, 15) is 8.78 Å². The maximum Gasteiger partial charge on any atom is 0.149 e. The van der Waals surface area contributed by atoms with Crippen LogP contribution in [0.15, 0.2) is 47.8 Å². The zero-order chi connectivity index (χ0) is 12.5. The van der Waals surface area contributed by atoms with Gasteiger partial charge in [-0.3, -0.25) is 0 Å². The van der Waals surface area contributed by atoms with Crippen molar-refractivity contribution in [2.24, 2.45) is 0 Å². The Bertz CT molecular complexity index is 706. The van der Waals surface area contributed by atoms with Crippen LogP contribution in [-0.2, 0) is 0 Å². The van der Waals surface area contributed by atoms with Gasteiger partial charge in [-0.2, -0.15) is 0 Å². The predicted octanol–water partition coefficient (Wildman–Crippen LogP) is 4.92. The van der Waals surface area contributed by atoms with E-state index in [0.717, 1.165) is 21.8 Å². The molecular weight excluding hydrogens is 252 g/mol. The van der Waals surface area contributed by atoms with Gasteiger partial charge in [0.05, 0.1) is 5.69 Å². The van der Waals surface area contributed by atoms with E-state index in [-0.39, 0.29) is 5.69 Å². The van der Waals surface area contributed by atoms with Crippen molar-refractivity contribution in [3.63, 3.8) is 0 Å². The summed E-state index contributed by atoms with van der Waals surface area (Å²) < 4.78 is 27.5. The first kappa shape index (κ1) is 11.2. The summed E-state index contributed by atoms with van der Waals surface area (Å²) in [6, 6.07) is 11.3. The number of hydrogen-bond acceptors (Lipinski definition) is 2. The summed E-state index contributed by atoms with van der Waals surface area (Å²) in [5, 5.41) is 6.01. The lowest BCUT2D eigenvalue weighted by atomic mass is 10.2. The molecule has 0 aliphatic heterocycles. The third kappa shape index (κ3) is 1.95. The summed E-state index contributed by atoms with van der Waals surface area (Å²) in [4.78, 5) is 0. The fourth-order valence-electron chi connectivity index (χ4n) is 1.84. The summed E-state index contributed by atoms with van der Waals surface area (Å²) in [5.74, 6) is -1.17. The third-order valence-electron chi connectivity index (χ3n) is 2.70. The molecule has 2 aromatic carbocycles. The minimum Gasteiger partial charge on any atom is -0.353 e. The molecular formula is C14H9F2NS. The van der Waals surface area contributed by atoms with Gasteiger partial charge < -0.3 is 5.32 Å². The van der Waals surface area contributed by atoms with Crippen molar-refractivity contribution >= 4 is 32.8 Å². The number of benzene rings is 2. The third-order valence-corrected chi connectivity index (χ3v) is 3.58. The summed E-state index contributed by atoms with van der Waals surface area (Å²) in [5.41, 5.74) is 1.09. The van der Waals surface area contributed by atoms with Crippen LogP contribution in [0.25, 0.3) is 10.1 Å². The molecule has 3 rings (SSSR count). The van der Waals surface area contributed by atoms with E-state index in [1.165, 1.54) is 12.1 Å². The first-order valence-corrected chi connectivity index (χ1v) is 6.30. The Morgan fingerprint density at radius 2 is 1.83 bits per heavy atom. The molecule has 1 heterocycles. The normalized spacial score (nSPS) is 10.8. The van der Waals surface area contributed by atoms with E-state index < -0.39 is 11.6 Å². The molecule has 4 heteroatoms. The highest BCUT2D eigenvalue weighted by atomic mass is 32.1. The van der Waals surface area contributed by atoms with Crippen LogP contribution in [0.3, 0.4) is 0 Å². The average molecular weight is 261 g/mol. The van der Waals surface area contributed by atoms with Gasteiger partial charge in [0, 0.05) is 21.8 Å². The first-order chi connectivity index (χ1) is 8.74. The molecule has 0 aliphatic rings. The van der Waals surface area contributed by atoms with Gasteiger partial charge in [-0.25, -0.2) is 8.78 Å². The van der Waals surface area contributed by atoms with E-state index in [2.05, 4.69) is 5.32 Å². The van der Waals surface area contributed by atoms with Gasteiger partial charge in [-0.15, -0.1) is 11.3 Å². The molecule has 0 unspecified atom stereocenters. The monoisotopic (exact) mass is 261 g/mol. The second-order valence-electron chi connectivity index (χ2n) is 3.89. The molecule has 0 saturated heterocycles. The maximum atomic E-state index is 13.6.